The van der Waals surface area contributed by atoms with Crippen LogP contribution in [0.2, 0.25) is 5.02 Å². The first-order valence-electron chi connectivity index (χ1n) is 16.3. The van der Waals surface area contributed by atoms with Gasteiger partial charge >= 0.3 is 5.97 Å². The Balaban J connectivity index is 0.000000762. The van der Waals surface area contributed by atoms with E-state index in [4.69, 9.17) is 20.9 Å². The average Bonchev–Trinajstić information content (AvgIpc) is 3.54. The van der Waals surface area contributed by atoms with Crippen molar-refractivity contribution in [1.82, 2.24) is 20.4 Å². The van der Waals surface area contributed by atoms with Crippen molar-refractivity contribution >= 4 is 17.6 Å². The van der Waals surface area contributed by atoms with Crippen LogP contribution in [-0.2, 0) is 24.2 Å². The summed E-state index contributed by atoms with van der Waals surface area (Å²) in [7, 11) is 3.59. The molecule has 0 aliphatic carbocycles. The maximum absolute atomic E-state index is 12.3. The van der Waals surface area contributed by atoms with Gasteiger partial charge in [0.25, 0.3) is 5.89 Å². The molecule has 0 atom stereocenters. The van der Waals surface area contributed by atoms with Crippen LogP contribution < -0.4 is 10.1 Å². The van der Waals surface area contributed by atoms with E-state index >= 15 is 0 Å². The van der Waals surface area contributed by atoms with Gasteiger partial charge in [-0.05, 0) is 113 Å². The van der Waals surface area contributed by atoms with Gasteiger partial charge in [0.15, 0.2) is 0 Å². The molecule has 1 saturated heterocycles. The molecule has 47 heavy (non-hydrogen) atoms. The van der Waals surface area contributed by atoms with Crippen LogP contribution in [-0.4, -0.2) is 58.9 Å². The third-order valence-electron chi connectivity index (χ3n) is 8.69. The number of hydrogen-bond acceptors (Lipinski definition) is 7. The second kappa shape index (κ2) is 15.9. The Kier molecular flexibility index (Phi) is 12.2. The first-order chi connectivity index (χ1) is 22.3. The van der Waals surface area contributed by atoms with E-state index in [-0.39, 0.29) is 0 Å². The van der Waals surface area contributed by atoms with E-state index in [2.05, 4.69) is 67.1 Å². The molecule has 3 aromatic carbocycles. The Morgan fingerprint density at radius 3 is 2.15 bits per heavy atom. The summed E-state index contributed by atoms with van der Waals surface area (Å²) in [4.78, 5) is 19.3. The van der Waals surface area contributed by atoms with Gasteiger partial charge < -0.3 is 19.7 Å². The fourth-order valence-corrected chi connectivity index (χ4v) is 5.76. The van der Waals surface area contributed by atoms with E-state index in [1.807, 2.05) is 61.6 Å². The molecule has 8 nitrogen and oxygen atoms in total. The molecule has 0 bridgehead atoms. The molecule has 9 heteroatoms. The number of nitrogens with one attached hydrogen (secondary N) is 1. The highest BCUT2D eigenvalue weighted by atomic mass is 35.5. The zero-order chi connectivity index (χ0) is 34.2. The van der Waals surface area contributed by atoms with E-state index in [0.29, 0.717) is 47.5 Å². The summed E-state index contributed by atoms with van der Waals surface area (Å²) in [6.07, 6.45) is 2.67. The predicted octanol–water partition coefficient (Wildman–Crippen LogP) is 8.18. The van der Waals surface area contributed by atoms with E-state index in [1.54, 1.807) is 7.11 Å². The Hall–Kier alpha value is -3.72. The van der Waals surface area contributed by atoms with Crippen molar-refractivity contribution in [2.75, 3.05) is 27.2 Å². The van der Waals surface area contributed by atoms with Gasteiger partial charge in [-0.3, -0.25) is 9.69 Å². The van der Waals surface area contributed by atoms with Gasteiger partial charge in [-0.1, -0.05) is 73.1 Å². The number of rotatable bonds is 10. The first-order valence-corrected chi connectivity index (χ1v) is 16.7. The number of hydrogen-bond donors (Lipinski definition) is 2. The number of aromatic nitrogens is 2. The van der Waals surface area contributed by atoms with Gasteiger partial charge in [-0.2, -0.15) is 4.98 Å². The maximum atomic E-state index is 12.3. The van der Waals surface area contributed by atoms with Gasteiger partial charge in [-0.15, -0.1) is 0 Å². The lowest BCUT2D eigenvalue weighted by Crippen LogP contribution is -2.45. The normalized spacial score (nSPS) is 14.8. The number of ether oxygens (including phenoxy) is 1. The quantitative estimate of drug-likeness (QED) is 0.176. The molecule has 0 unspecified atom stereocenters. The molecule has 252 valence electrons. The first kappa shape index (κ1) is 36.1. The zero-order valence-corrected chi connectivity index (χ0v) is 29.5. The number of halogens is 1. The average molecular weight is 661 g/mol. The topological polar surface area (TPSA) is 101 Å². The molecule has 0 amide bonds. The summed E-state index contributed by atoms with van der Waals surface area (Å²) in [6.45, 7) is 13.0. The Labute approximate surface area is 284 Å². The van der Waals surface area contributed by atoms with Crippen LogP contribution in [0.25, 0.3) is 22.8 Å². The molecule has 2 N–H and O–H groups in total. The lowest BCUT2D eigenvalue weighted by molar-refractivity contribution is -0.152. The highest BCUT2D eigenvalue weighted by Crippen LogP contribution is 2.36. The summed E-state index contributed by atoms with van der Waals surface area (Å²) in [5, 5.41) is 18.1. The molecular weight excluding hydrogens is 612 g/mol. The monoisotopic (exact) mass is 660 g/mol. The minimum absolute atomic E-state index is 0.292. The van der Waals surface area contributed by atoms with E-state index in [9.17, 15) is 9.90 Å². The van der Waals surface area contributed by atoms with E-state index < -0.39 is 11.4 Å². The SMILES string of the molecule is CNC(C)(C)C.COc1ccc(CC2(C(=O)O)CCN(Cc3ccc(-c4noc(-c5ccc(CC(C)C)c(Cl)c5)n4)cc3)CC2)cc1. The van der Waals surface area contributed by atoms with Gasteiger partial charge in [-0.25, -0.2) is 0 Å². The fraction of sp³-hybridized carbons (Fsp3) is 0.447. The number of aliphatic carboxylic acids is 1. The van der Waals surface area contributed by atoms with Crippen molar-refractivity contribution in [2.45, 2.75) is 72.4 Å². The number of benzene rings is 3. The van der Waals surface area contributed by atoms with Crippen LogP contribution in [0, 0.1) is 11.3 Å². The van der Waals surface area contributed by atoms with Crippen molar-refractivity contribution in [3.8, 4) is 28.6 Å². The molecule has 0 saturated carbocycles. The number of nitrogens with zero attached hydrogens (tertiary/aromatic N) is 3. The number of piperidine rings is 1. The van der Waals surface area contributed by atoms with Crippen LogP contribution in [0.1, 0.15) is 64.2 Å². The van der Waals surface area contributed by atoms with Crippen LogP contribution in [0.15, 0.2) is 71.3 Å². The number of likely N-dealkylation sites (tertiary alicyclic amines) is 1. The molecule has 0 spiro atoms. The third-order valence-corrected chi connectivity index (χ3v) is 9.04. The maximum Gasteiger partial charge on any atom is 0.310 e. The fourth-order valence-electron chi connectivity index (χ4n) is 5.50. The van der Waals surface area contributed by atoms with Crippen molar-refractivity contribution in [1.29, 1.82) is 0 Å². The molecule has 2 heterocycles. The smallest absolute Gasteiger partial charge is 0.310 e. The second-order valence-electron chi connectivity index (χ2n) is 13.9. The zero-order valence-electron chi connectivity index (χ0n) is 28.8. The van der Waals surface area contributed by atoms with Crippen molar-refractivity contribution in [3.63, 3.8) is 0 Å². The summed E-state index contributed by atoms with van der Waals surface area (Å²) >= 11 is 6.50. The minimum Gasteiger partial charge on any atom is -0.497 e. The summed E-state index contributed by atoms with van der Waals surface area (Å²) in [5.74, 6) is 1.54. The predicted molar refractivity (Wildman–Crippen MR) is 189 cm³/mol. The molecule has 4 aromatic rings. The molecular formula is C38H49ClN4O4. The molecule has 1 aromatic heterocycles. The van der Waals surface area contributed by atoms with Gasteiger partial charge in [0.1, 0.15) is 5.75 Å². The van der Waals surface area contributed by atoms with Gasteiger partial charge in [0, 0.05) is 28.2 Å². The molecule has 1 aliphatic heterocycles. The molecule has 5 rings (SSSR count). The lowest BCUT2D eigenvalue weighted by Gasteiger charge is -2.39. The Morgan fingerprint density at radius 2 is 1.62 bits per heavy atom. The van der Waals surface area contributed by atoms with Gasteiger partial charge in [0.2, 0.25) is 5.82 Å². The lowest BCUT2D eigenvalue weighted by atomic mass is 9.73. The highest BCUT2D eigenvalue weighted by Gasteiger charge is 2.41. The Bertz CT molecular complexity index is 1590. The van der Waals surface area contributed by atoms with Gasteiger partial charge in [0.05, 0.1) is 12.5 Å². The number of carboxylic acids is 1. The van der Waals surface area contributed by atoms with Crippen molar-refractivity contribution in [2.24, 2.45) is 11.3 Å². The van der Waals surface area contributed by atoms with Crippen LogP contribution in [0.3, 0.4) is 0 Å². The molecule has 0 radical (unpaired) electrons. The minimum atomic E-state index is -0.746. The molecule has 1 fully saturated rings. The molecule has 1 aliphatic rings. The van der Waals surface area contributed by atoms with Crippen molar-refractivity contribution in [3.05, 3.63) is 88.4 Å². The van der Waals surface area contributed by atoms with E-state index in [0.717, 1.165) is 59.6 Å². The number of carbonyl (C=O) groups is 1. The largest absolute Gasteiger partial charge is 0.497 e. The van der Waals surface area contributed by atoms with Crippen LogP contribution >= 0.6 is 11.6 Å². The second-order valence-corrected chi connectivity index (χ2v) is 14.3. The summed E-state index contributed by atoms with van der Waals surface area (Å²) in [6, 6.07) is 21.7. The third kappa shape index (κ3) is 10.1. The summed E-state index contributed by atoms with van der Waals surface area (Å²) < 4.78 is 10.8. The number of methoxy groups -OCH3 is 1. The Morgan fingerprint density at radius 1 is 1.02 bits per heavy atom. The van der Waals surface area contributed by atoms with Crippen LogP contribution in [0.5, 0.6) is 5.75 Å². The highest BCUT2D eigenvalue weighted by molar-refractivity contribution is 6.31. The summed E-state index contributed by atoms with van der Waals surface area (Å²) in [5.41, 5.74) is 4.50. The number of carboxylic acid groups (broad SMARTS) is 1. The standard InChI is InChI=1S/C33H36ClN3O4.C5H13N/c1-22(2)18-26-10-11-27(19-29(26)34)31-35-30(36-41-31)25-8-4-24(5-9-25)21-37-16-14-33(15-17-37,32(38)39)20-23-6-12-28(40-3)13-7-23;1-5(2,3)6-4/h4-13,19,22H,14-18,20-21H2,1-3H3,(H,38,39);6H,1-4H3. The van der Waals surface area contributed by atoms with E-state index in [1.165, 1.54) is 0 Å². The van der Waals surface area contributed by atoms with Crippen molar-refractivity contribution < 1.29 is 19.2 Å². The van der Waals surface area contributed by atoms with Crippen LogP contribution in [0.4, 0.5) is 0 Å².